The molecule has 24 heteroatoms. The Bertz CT molecular complexity index is 3280. The van der Waals surface area contributed by atoms with E-state index in [2.05, 4.69) is 92.5 Å². The Morgan fingerprint density at radius 3 is 2.19 bits per heavy atom. The quantitative estimate of drug-likeness (QED) is 0.0357. The number of thiazole rings is 1. The normalized spacial score (nSPS) is 20.1. The summed E-state index contributed by atoms with van der Waals surface area (Å²) in [5.74, 6) is -0.698. The number of hydrogen-bond donors (Lipinski definition) is 3. The first kappa shape index (κ1) is 68.2. The Labute approximate surface area is 537 Å². The summed E-state index contributed by atoms with van der Waals surface area (Å²) in [6, 6.07) is 22.8. The Morgan fingerprint density at radius 1 is 0.813 bits per heavy atom. The molecular formula is C67H89N11O12S. The van der Waals surface area contributed by atoms with Gasteiger partial charge in [0.2, 0.25) is 23.6 Å². The van der Waals surface area contributed by atoms with Gasteiger partial charge in [-0.15, -0.1) is 11.3 Å². The molecule has 3 aromatic carbocycles. The average molecular weight is 1270 g/mol. The fourth-order valence-electron chi connectivity index (χ4n) is 12.2. The molecule has 490 valence electrons. The van der Waals surface area contributed by atoms with E-state index in [9.17, 15) is 29.5 Å². The molecule has 91 heavy (non-hydrogen) atoms. The summed E-state index contributed by atoms with van der Waals surface area (Å²) in [7, 11) is 2.07. The lowest BCUT2D eigenvalue weighted by Gasteiger charge is -2.42. The molecule has 0 radical (unpaired) electrons. The van der Waals surface area contributed by atoms with Crippen LogP contribution in [0.3, 0.4) is 0 Å². The minimum Gasteiger partial charge on any atom is -0.462 e. The van der Waals surface area contributed by atoms with E-state index in [1.54, 1.807) is 16.2 Å². The van der Waals surface area contributed by atoms with Crippen molar-refractivity contribution in [2.75, 3.05) is 135 Å². The van der Waals surface area contributed by atoms with E-state index in [1.165, 1.54) is 21.7 Å². The number of hydrogen-bond acceptors (Lipinski definition) is 20. The van der Waals surface area contributed by atoms with E-state index in [0.29, 0.717) is 91.7 Å². The third kappa shape index (κ3) is 18.3. The molecule has 7 atom stereocenters. The van der Waals surface area contributed by atoms with Crippen molar-refractivity contribution in [3.05, 3.63) is 107 Å². The van der Waals surface area contributed by atoms with Gasteiger partial charge in [0.05, 0.1) is 131 Å². The number of likely N-dealkylation sites (N-methyl/N-ethyl adjacent to an activating group) is 1. The van der Waals surface area contributed by atoms with Gasteiger partial charge in [-0.05, 0) is 67.8 Å². The van der Waals surface area contributed by atoms with Crippen molar-refractivity contribution in [2.45, 2.75) is 109 Å². The maximum Gasteiger partial charge on any atom is 0.318 e. The number of nitrogens with zero attached hydrogens (tertiary/aromatic N) is 9. The number of amides is 4. The highest BCUT2D eigenvalue weighted by Crippen LogP contribution is 2.36. The monoisotopic (exact) mass is 1270 g/mol. The number of likely N-dealkylation sites (tertiary alicyclic amines) is 2. The van der Waals surface area contributed by atoms with Gasteiger partial charge in [0.15, 0.2) is 0 Å². The van der Waals surface area contributed by atoms with Gasteiger partial charge in [0.1, 0.15) is 31.1 Å². The topological polar surface area (TPSA) is 256 Å². The number of anilines is 2. The highest BCUT2D eigenvalue weighted by molar-refractivity contribution is 7.13. The van der Waals surface area contributed by atoms with Crippen LogP contribution >= 0.6 is 11.3 Å². The molecule has 6 heterocycles. The van der Waals surface area contributed by atoms with Crippen LogP contribution in [-0.4, -0.2) is 220 Å². The Hall–Kier alpha value is -7.18. The third-order valence-corrected chi connectivity index (χ3v) is 18.1. The van der Waals surface area contributed by atoms with Crippen molar-refractivity contribution in [2.24, 2.45) is 5.41 Å². The molecular weight excluding hydrogens is 1180 g/mol. The van der Waals surface area contributed by atoms with Crippen LogP contribution in [-0.2, 0) is 60.6 Å². The number of nitrogens with one attached hydrogen (secondary N) is 2. The fourth-order valence-corrected chi connectivity index (χ4v) is 13.0. The lowest BCUT2D eigenvalue weighted by Crippen LogP contribution is -2.58. The molecule has 4 amide bonds. The number of β-amino-alcohol motifs (C(OH)–C–C–N with tert-alkyl or cyclic N) is 1. The van der Waals surface area contributed by atoms with Crippen LogP contribution in [0.15, 0.2) is 84.9 Å². The van der Waals surface area contributed by atoms with Crippen LogP contribution < -0.4 is 25.2 Å². The van der Waals surface area contributed by atoms with Gasteiger partial charge in [-0.25, -0.2) is 4.98 Å². The second-order valence-corrected chi connectivity index (χ2v) is 25.5. The van der Waals surface area contributed by atoms with Crippen LogP contribution in [0.25, 0.3) is 21.2 Å². The van der Waals surface area contributed by atoms with Crippen LogP contribution in [0.5, 0.6) is 6.01 Å². The van der Waals surface area contributed by atoms with Crippen LogP contribution in [0.1, 0.15) is 75.5 Å². The molecule has 2 aromatic heterocycles. The van der Waals surface area contributed by atoms with E-state index in [-0.39, 0.29) is 75.3 Å². The van der Waals surface area contributed by atoms with Gasteiger partial charge >= 0.3 is 6.01 Å². The second-order valence-electron chi connectivity index (χ2n) is 24.6. The highest BCUT2D eigenvalue weighted by Gasteiger charge is 2.45. The van der Waals surface area contributed by atoms with Gasteiger partial charge < -0.3 is 68.5 Å². The number of rotatable bonds is 31. The number of aliphatic hydroxyl groups is 1. The zero-order chi connectivity index (χ0) is 64.4. The summed E-state index contributed by atoms with van der Waals surface area (Å²) in [6.45, 7) is 20.2. The summed E-state index contributed by atoms with van der Waals surface area (Å²) >= 11 is 1.57. The summed E-state index contributed by atoms with van der Waals surface area (Å²) in [5, 5.41) is 28.6. The van der Waals surface area contributed by atoms with Crippen molar-refractivity contribution in [3.8, 4) is 22.5 Å². The van der Waals surface area contributed by atoms with E-state index in [0.717, 1.165) is 70.4 Å². The van der Waals surface area contributed by atoms with Gasteiger partial charge in [0.25, 0.3) is 0 Å². The number of piperazine rings is 1. The SMILES string of the molecule is C=CC(=O)N1CCN(c2nc(OC[C@@H]3C[C@@H](OCCOCCOCCOCCOCCOCC(=O)N[C@H](C(=O)N4C[C@H](O)C[C@H]4C(=O)N[C@@H](C)c4ccc(-c5scnc5C)cc4)C(C)(C)C)CN3C)nc3c2CCN(c2cccc4ccccc24)C3)C[C@@H]1CC#N. The highest BCUT2D eigenvalue weighted by atomic mass is 32.1. The zero-order valence-corrected chi connectivity index (χ0v) is 54.2. The van der Waals surface area contributed by atoms with E-state index in [1.807, 2.05) is 64.4 Å². The predicted octanol–water partition coefficient (Wildman–Crippen LogP) is 5.66. The van der Waals surface area contributed by atoms with Gasteiger partial charge in [-0.3, -0.25) is 24.1 Å². The molecule has 3 N–H and O–H groups in total. The Balaban J connectivity index is 0.616. The second kappa shape index (κ2) is 32.9. The van der Waals surface area contributed by atoms with E-state index < -0.39 is 35.4 Å². The lowest BCUT2D eigenvalue weighted by molar-refractivity contribution is -0.144. The first-order chi connectivity index (χ1) is 44.0. The maximum absolute atomic E-state index is 14.1. The minimum atomic E-state index is -0.982. The van der Waals surface area contributed by atoms with E-state index >= 15 is 0 Å². The molecule has 0 spiro atoms. The number of ether oxygens (including phenoxy) is 7. The Morgan fingerprint density at radius 2 is 1.51 bits per heavy atom. The van der Waals surface area contributed by atoms with Crippen molar-refractivity contribution in [1.82, 2.24) is 40.3 Å². The smallest absolute Gasteiger partial charge is 0.318 e. The molecule has 9 rings (SSSR count). The first-order valence-electron chi connectivity index (χ1n) is 31.6. The number of carbonyl (C=O) groups excluding carboxylic acids is 4. The molecule has 0 bridgehead atoms. The maximum atomic E-state index is 14.1. The number of fused-ring (bicyclic) bond motifs is 2. The molecule has 23 nitrogen and oxygen atoms in total. The third-order valence-electron chi connectivity index (χ3n) is 17.1. The Kier molecular flexibility index (Phi) is 24.7. The summed E-state index contributed by atoms with van der Waals surface area (Å²) in [5.41, 5.74) is 7.12. The van der Waals surface area contributed by atoms with E-state index in [4.69, 9.17) is 43.1 Å². The van der Waals surface area contributed by atoms with Crippen molar-refractivity contribution in [1.29, 1.82) is 5.26 Å². The number of aromatic nitrogens is 3. The van der Waals surface area contributed by atoms with Crippen molar-refractivity contribution < 1.29 is 57.4 Å². The van der Waals surface area contributed by atoms with Crippen molar-refractivity contribution >= 4 is 57.2 Å². The number of aliphatic hydroxyl groups excluding tert-OH is 1. The summed E-state index contributed by atoms with van der Waals surface area (Å²) in [4.78, 5) is 79.1. The summed E-state index contributed by atoms with van der Waals surface area (Å²) in [6.07, 6.45) is 2.22. The molecule has 0 unspecified atom stereocenters. The largest absolute Gasteiger partial charge is 0.462 e. The molecule has 3 fully saturated rings. The lowest BCUT2D eigenvalue weighted by atomic mass is 9.85. The first-order valence-corrected chi connectivity index (χ1v) is 32.5. The average Bonchev–Trinajstić information content (AvgIpc) is 1.20. The number of nitriles is 1. The van der Waals surface area contributed by atoms with Gasteiger partial charge in [-0.1, -0.05) is 88.0 Å². The van der Waals surface area contributed by atoms with Crippen LogP contribution in [0.2, 0.25) is 0 Å². The van der Waals surface area contributed by atoms with Gasteiger partial charge in [-0.2, -0.15) is 15.2 Å². The standard InChI is InChI=1S/C67H89N11O12S/c1-8-60(81)77-25-24-76(38-50(77)20-22-68)63-55-21-23-75(57-15-11-13-48-12-9-10-14-54(48)57)41-56(55)71-66(73-63)90-42-51-36-53(40-74(51)7)89-35-34-87-31-30-85-27-26-84-28-29-86-32-33-88-43-59(80)72-62(67(4,5)6)65(83)78-39-52(79)37-58(78)64(82)70-45(2)47-16-18-49(19-17-47)61-46(3)69-44-91-61/h8-19,44-45,50-53,58,62,79H,1,20-21,23-43H2,2-7H3,(H,70,82)(H,72,80)/t45-,50-,51-,52+,53+,58-,62+/m0/s1. The number of aryl methyl sites for hydroxylation is 1. The summed E-state index contributed by atoms with van der Waals surface area (Å²) < 4.78 is 41.0. The molecule has 4 aliphatic heterocycles. The predicted molar refractivity (Wildman–Crippen MR) is 346 cm³/mol. The minimum absolute atomic E-state index is 0.00559. The molecule has 3 saturated heterocycles. The number of carbonyl (C=O) groups is 4. The molecule has 5 aromatic rings. The molecule has 0 aliphatic carbocycles. The number of benzene rings is 3. The van der Waals surface area contributed by atoms with Crippen molar-refractivity contribution in [3.63, 3.8) is 0 Å². The molecule has 0 saturated carbocycles. The molecule has 4 aliphatic rings. The van der Waals surface area contributed by atoms with Gasteiger partial charge in [0, 0.05) is 68.4 Å². The fraction of sp³-hybridized carbons (Fsp3) is 0.552. The van der Waals surface area contributed by atoms with Crippen LogP contribution in [0.4, 0.5) is 11.5 Å². The van der Waals surface area contributed by atoms with Crippen LogP contribution in [0, 0.1) is 23.7 Å². The zero-order valence-electron chi connectivity index (χ0n) is 53.4.